The molecule has 0 aliphatic carbocycles. The maximum atomic E-state index is 10.9. The van der Waals surface area contributed by atoms with E-state index in [0.717, 1.165) is 13.0 Å². The van der Waals surface area contributed by atoms with Crippen molar-refractivity contribution in [1.82, 2.24) is 5.32 Å². The van der Waals surface area contributed by atoms with Crippen LogP contribution in [-0.4, -0.2) is 18.5 Å². The molecule has 1 aromatic rings. The highest BCUT2D eigenvalue weighted by Crippen LogP contribution is 2.20. The Morgan fingerprint density at radius 2 is 2.29 bits per heavy atom. The summed E-state index contributed by atoms with van der Waals surface area (Å²) in [5.74, 6) is 0.0381. The number of rotatable bonds is 1. The molecule has 0 unspecified atom stereocenters. The average molecular weight is 190 g/mol. The van der Waals surface area contributed by atoms with Crippen molar-refractivity contribution in [2.45, 2.75) is 19.4 Å². The van der Waals surface area contributed by atoms with Crippen LogP contribution in [0.2, 0.25) is 0 Å². The van der Waals surface area contributed by atoms with Crippen molar-refractivity contribution < 1.29 is 4.79 Å². The molecule has 1 amide bonds. The van der Waals surface area contributed by atoms with Gasteiger partial charge in [0.1, 0.15) is 0 Å². The molecular formula is C11H14N2O. The fourth-order valence-electron chi connectivity index (χ4n) is 1.83. The largest absolute Gasteiger partial charge is 0.383 e. The molecule has 1 aliphatic heterocycles. The molecule has 0 aromatic heterocycles. The van der Waals surface area contributed by atoms with E-state index in [2.05, 4.69) is 22.8 Å². The minimum absolute atomic E-state index is 0.0381. The standard InChI is InChI=1S/C11H14N2O/c1-8(14)13-10-6-9-4-2-3-5-11(9)12-7-10/h2-5,10,12H,6-7H2,1H3,(H,13,14)/t10-/m1/s1. The fourth-order valence-corrected chi connectivity index (χ4v) is 1.83. The molecule has 2 rings (SSSR count). The van der Waals surface area contributed by atoms with Crippen LogP contribution >= 0.6 is 0 Å². The Morgan fingerprint density at radius 3 is 3.07 bits per heavy atom. The lowest BCUT2D eigenvalue weighted by molar-refractivity contribution is -0.119. The molecular weight excluding hydrogens is 176 g/mol. The number of hydrogen-bond donors (Lipinski definition) is 2. The highest BCUT2D eigenvalue weighted by Gasteiger charge is 2.17. The summed E-state index contributed by atoms with van der Waals surface area (Å²) in [5.41, 5.74) is 2.46. The Kier molecular flexibility index (Phi) is 2.39. The lowest BCUT2D eigenvalue weighted by atomic mass is 10.00. The summed E-state index contributed by atoms with van der Waals surface area (Å²) in [6, 6.07) is 8.43. The Balaban J connectivity index is 2.09. The second-order valence-electron chi connectivity index (χ2n) is 3.64. The molecule has 1 heterocycles. The number of amides is 1. The van der Waals surface area contributed by atoms with Crippen LogP contribution in [0.3, 0.4) is 0 Å². The van der Waals surface area contributed by atoms with E-state index in [1.807, 2.05) is 12.1 Å². The molecule has 74 valence electrons. The third-order valence-corrected chi connectivity index (χ3v) is 2.43. The van der Waals surface area contributed by atoms with Crippen LogP contribution in [0, 0.1) is 0 Å². The first kappa shape index (κ1) is 9.06. The molecule has 0 spiro atoms. The number of anilines is 1. The first-order valence-corrected chi connectivity index (χ1v) is 4.84. The number of carbonyl (C=O) groups excluding carboxylic acids is 1. The van der Waals surface area contributed by atoms with Gasteiger partial charge in [-0.25, -0.2) is 0 Å². The van der Waals surface area contributed by atoms with Gasteiger partial charge in [0.05, 0.1) is 6.04 Å². The quantitative estimate of drug-likeness (QED) is 0.697. The first-order chi connectivity index (χ1) is 6.75. The molecule has 0 saturated heterocycles. The molecule has 3 nitrogen and oxygen atoms in total. The molecule has 14 heavy (non-hydrogen) atoms. The Hall–Kier alpha value is -1.51. The number of para-hydroxylation sites is 1. The highest BCUT2D eigenvalue weighted by atomic mass is 16.1. The highest BCUT2D eigenvalue weighted by molar-refractivity contribution is 5.73. The van der Waals surface area contributed by atoms with Crippen LogP contribution in [0.1, 0.15) is 12.5 Å². The Morgan fingerprint density at radius 1 is 1.50 bits per heavy atom. The summed E-state index contributed by atoms with van der Waals surface area (Å²) < 4.78 is 0. The van der Waals surface area contributed by atoms with Gasteiger partial charge in [-0.2, -0.15) is 0 Å². The maximum Gasteiger partial charge on any atom is 0.217 e. The smallest absolute Gasteiger partial charge is 0.217 e. The predicted molar refractivity (Wildman–Crippen MR) is 56.2 cm³/mol. The third kappa shape index (κ3) is 1.87. The van der Waals surface area contributed by atoms with Crippen LogP contribution in [0.25, 0.3) is 0 Å². The summed E-state index contributed by atoms with van der Waals surface area (Å²) in [4.78, 5) is 10.9. The van der Waals surface area contributed by atoms with Crippen molar-refractivity contribution in [1.29, 1.82) is 0 Å². The van der Waals surface area contributed by atoms with E-state index < -0.39 is 0 Å². The van der Waals surface area contributed by atoms with Gasteiger partial charge in [-0.15, -0.1) is 0 Å². The zero-order valence-corrected chi connectivity index (χ0v) is 8.21. The van der Waals surface area contributed by atoms with E-state index >= 15 is 0 Å². The predicted octanol–water partition coefficient (Wildman–Crippen LogP) is 1.16. The SMILES string of the molecule is CC(=O)N[C@H]1CNc2ccccc2C1. The lowest BCUT2D eigenvalue weighted by Crippen LogP contribution is -2.42. The summed E-state index contributed by atoms with van der Waals surface area (Å²) in [6.07, 6.45) is 0.919. The van der Waals surface area contributed by atoms with Crippen LogP contribution in [0.4, 0.5) is 5.69 Å². The van der Waals surface area contributed by atoms with E-state index in [1.165, 1.54) is 11.3 Å². The van der Waals surface area contributed by atoms with Gasteiger partial charge in [0, 0.05) is 19.2 Å². The zero-order chi connectivity index (χ0) is 9.97. The summed E-state index contributed by atoms with van der Waals surface area (Å²) in [5, 5.41) is 6.22. The van der Waals surface area contributed by atoms with Crippen LogP contribution < -0.4 is 10.6 Å². The molecule has 0 bridgehead atoms. The van der Waals surface area contributed by atoms with E-state index in [-0.39, 0.29) is 11.9 Å². The van der Waals surface area contributed by atoms with Gasteiger partial charge in [-0.3, -0.25) is 4.79 Å². The molecule has 1 aromatic carbocycles. The van der Waals surface area contributed by atoms with Gasteiger partial charge in [0.15, 0.2) is 0 Å². The second kappa shape index (κ2) is 3.70. The van der Waals surface area contributed by atoms with Crippen molar-refractivity contribution in [2.75, 3.05) is 11.9 Å². The van der Waals surface area contributed by atoms with Gasteiger partial charge in [0.2, 0.25) is 5.91 Å². The summed E-state index contributed by atoms with van der Waals surface area (Å²) in [6.45, 7) is 2.37. The number of carbonyl (C=O) groups is 1. The molecule has 3 heteroatoms. The van der Waals surface area contributed by atoms with E-state index in [4.69, 9.17) is 0 Å². The van der Waals surface area contributed by atoms with Gasteiger partial charge < -0.3 is 10.6 Å². The Bertz CT molecular complexity index is 349. The number of benzene rings is 1. The number of hydrogen-bond acceptors (Lipinski definition) is 2. The zero-order valence-electron chi connectivity index (χ0n) is 8.21. The minimum Gasteiger partial charge on any atom is -0.383 e. The first-order valence-electron chi connectivity index (χ1n) is 4.84. The van der Waals surface area contributed by atoms with Crippen molar-refractivity contribution in [3.63, 3.8) is 0 Å². The van der Waals surface area contributed by atoms with Crippen LogP contribution in [0.5, 0.6) is 0 Å². The van der Waals surface area contributed by atoms with Crippen molar-refractivity contribution in [3.05, 3.63) is 29.8 Å². The molecule has 2 N–H and O–H groups in total. The minimum atomic E-state index is 0.0381. The van der Waals surface area contributed by atoms with Crippen molar-refractivity contribution in [2.24, 2.45) is 0 Å². The van der Waals surface area contributed by atoms with Gasteiger partial charge in [0.25, 0.3) is 0 Å². The summed E-state index contributed by atoms with van der Waals surface area (Å²) >= 11 is 0. The Labute approximate surface area is 83.5 Å². The van der Waals surface area contributed by atoms with Crippen LogP contribution in [-0.2, 0) is 11.2 Å². The third-order valence-electron chi connectivity index (χ3n) is 2.43. The van der Waals surface area contributed by atoms with E-state index in [0.29, 0.717) is 0 Å². The lowest BCUT2D eigenvalue weighted by Gasteiger charge is -2.26. The molecule has 0 radical (unpaired) electrons. The average Bonchev–Trinajstić information content (AvgIpc) is 2.17. The summed E-state index contributed by atoms with van der Waals surface area (Å²) in [7, 11) is 0. The number of fused-ring (bicyclic) bond motifs is 1. The molecule has 0 fully saturated rings. The van der Waals surface area contributed by atoms with Crippen molar-refractivity contribution >= 4 is 11.6 Å². The molecule has 1 aliphatic rings. The van der Waals surface area contributed by atoms with Gasteiger partial charge in [-0.1, -0.05) is 18.2 Å². The maximum absolute atomic E-state index is 10.9. The normalized spacial score (nSPS) is 19.4. The fraction of sp³-hybridized carbons (Fsp3) is 0.364. The molecule has 1 atom stereocenters. The number of nitrogens with one attached hydrogen (secondary N) is 2. The monoisotopic (exact) mass is 190 g/mol. The van der Waals surface area contributed by atoms with Gasteiger partial charge in [-0.05, 0) is 18.1 Å². The second-order valence-corrected chi connectivity index (χ2v) is 3.64. The van der Waals surface area contributed by atoms with Gasteiger partial charge >= 0.3 is 0 Å². The van der Waals surface area contributed by atoms with E-state index in [1.54, 1.807) is 6.92 Å². The van der Waals surface area contributed by atoms with Crippen molar-refractivity contribution in [3.8, 4) is 0 Å². The molecule has 0 saturated carbocycles. The van der Waals surface area contributed by atoms with Crippen LogP contribution in [0.15, 0.2) is 24.3 Å². The topological polar surface area (TPSA) is 41.1 Å². The van der Waals surface area contributed by atoms with E-state index in [9.17, 15) is 4.79 Å².